The van der Waals surface area contributed by atoms with E-state index in [2.05, 4.69) is 6.92 Å². The number of unbranched alkanes of at least 4 members (excludes halogenated alkanes) is 1. The summed E-state index contributed by atoms with van der Waals surface area (Å²) in [5.74, 6) is 0.114. The number of benzene rings is 1. The highest BCUT2D eigenvalue weighted by molar-refractivity contribution is 5.90. The van der Waals surface area contributed by atoms with E-state index in [9.17, 15) is 9.59 Å². The Hall–Kier alpha value is -1.88. The van der Waals surface area contributed by atoms with Crippen LogP contribution in [-0.4, -0.2) is 54.9 Å². The van der Waals surface area contributed by atoms with Crippen molar-refractivity contribution in [2.75, 3.05) is 27.2 Å². The van der Waals surface area contributed by atoms with E-state index in [1.807, 2.05) is 56.0 Å². The molecule has 0 spiro atoms. The van der Waals surface area contributed by atoms with Crippen molar-refractivity contribution in [3.05, 3.63) is 35.9 Å². The summed E-state index contributed by atoms with van der Waals surface area (Å²) >= 11 is 0. The van der Waals surface area contributed by atoms with Gasteiger partial charge in [0, 0.05) is 20.6 Å². The maximum Gasteiger partial charge on any atom is 0.245 e. The number of likely N-dealkylation sites (N-methyl/N-ethyl adjacent to an activating group) is 1. The van der Waals surface area contributed by atoms with Gasteiger partial charge in [0.25, 0.3) is 0 Å². The Morgan fingerprint density at radius 3 is 2.45 bits per heavy atom. The fourth-order valence-corrected chi connectivity index (χ4v) is 4.18. The van der Waals surface area contributed by atoms with Crippen LogP contribution in [0.3, 0.4) is 0 Å². The van der Waals surface area contributed by atoms with E-state index in [0.717, 1.165) is 24.8 Å². The Morgan fingerprint density at radius 1 is 1.24 bits per heavy atom. The highest BCUT2D eigenvalue weighted by atomic mass is 16.5. The second kappa shape index (κ2) is 10.2. The summed E-state index contributed by atoms with van der Waals surface area (Å²) in [6, 6.07) is 9.58. The van der Waals surface area contributed by atoms with Gasteiger partial charge in [0.1, 0.15) is 6.04 Å². The summed E-state index contributed by atoms with van der Waals surface area (Å²) in [6.07, 6.45) is 3.18. The quantitative estimate of drug-likeness (QED) is 0.628. The maximum absolute atomic E-state index is 13.4. The lowest BCUT2D eigenvalue weighted by atomic mass is 9.84. The van der Waals surface area contributed by atoms with Gasteiger partial charge in [0.15, 0.2) is 0 Å². The van der Waals surface area contributed by atoms with Gasteiger partial charge in [0.2, 0.25) is 11.8 Å². The summed E-state index contributed by atoms with van der Waals surface area (Å²) in [4.78, 5) is 29.8. The molecule has 0 aliphatic carbocycles. The lowest BCUT2D eigenvalue weighted by Crippen LogP contribution is -2.54. The molecule has 0 saturated carbocycles. The monoisotopic (exact) mass is 402 g/mol. The first-order valence-corrected chi connectivity index (χ1v) is 10.8. The fraction of sp³-hybridized carbons (Fsp3) is 0.667. The van der Waals surface area contributed by atoms with Crippen molar-refractivity contribution in [2.45, 2.75) is 59.6 Å². The fourth-order valence-electron chi connectivity index (χ4n) is 4.18. The van der Waals surface area contributed by atoms with Gasteiger partial charge in [-0.1, -0.05) is 70.9 Å². The number of hydrogen-bond acceptors (Lipinski definition) is 3. The molecular weight excluding hydrogens is 364 g/mol. The Morgan fingerprint density at radius 2 is 1.90 bits per heavy atom. The van der Waals surface area contributed by atoms with Gasteiger partial charge in [-0.25, -0.2) is 0 Å². The van der Waals surface area contributed by atoms with Crippen molar-refractivity contribution in [1.82, 2.24) is 9.80 Å². The summed E-state index contributed by atoms with van der Waals surface area (Å²) in [5.41, 5.74) is 0.779. The summed E-state index contributed by atoms with van der Waals surface area (Å²) < 4.78 is 5.96. The van der Waals surface area contributed by atoms with Crippen LogP contribution < -0.4 is 0 Å². The smallest absolute Gasteiger partial charge is 0.245 e. The Kier molecular flexibility index (Phi) is 8.26. The molecule has 3 atom stereocenters. The molecule has 0 N–H and O–H groups in total. The Bertz CT molecular complexity index is 666. The minimum absolute atomic E-state index is 0.00838. The number of likely N-dealkylation sites (tertiary alicyclic amines) is 1. The molecule has 162 valence electrons. The molecule has 29 heavy (non-hydrogen) atoms. The SMILES string of the molecule is CCCC[C@H]1CN([C@H](C(=O)N(C)C)C(C)(C)C)C(=O)[C@@H]1COCc1ccccc1. The van der Waals surface area contributed by atoms with E-state index in [0.29, 0.717) is 19.8 Å². The third-order valence-corrected chi connectivity index (χ3v) is 5.74. The molecule has 1 aliphatic rings. The highest BCUT2D eigenvalue weighted by Crippen LogP contribution is 2.36. The molecule has 0 unspecified atom stereocenters. The zero-order valence-electron chi connectivity index (χ0n) is 19.0. The van der Waals surface area contributed by atoms with Crippen LogP contribution in [0.2, 0.25) is 0 Å². The molecule has 0 aromatic heterocycles. The van der Waals surface area contributed by atoms with Gasteiger partial charge in [-0.15, -0.1) is 0 Å². The first kappa shape index (κ1) is 23.4. The molecule has 1 saturated heterocycles. The zero-order valence-corrected chi connectivity index (χ0v) is 19.0. The third kappa shape index (κ3) is 6.05. The number of carbonyl (C=O) groups excluding carboxylic acids is 2. The molecule has 0 bridgehead atoms. The van der Waals surface area contributed by atoms with Crippen molar-refractivity contribution in [1.29, 1.82) is 0 Å². The van der Waals surface area contributed by atoms with Crippen LogP contribution in [0, 0.1) is 17.3 Å². The molecule has 1 aliphatic heterocycles. The molecule has 2 amide bonds. The maximum atomic E-state index is 13.4. The standard InChI is InChI=1S/C24H38N2O3/c1-7-8-14-19-15-26(21(24(2,3)4)23(28)25(5)6)22(27)20(19)17-29-16-18-12-10-9-11-13-18/h9-13,19-21H,7-8,14-17H2,1-6H3/t19-,20+,21+/m0/s1. The topological polar surface area (TPSA) is 49.9 Å². The number of ether oxygens (including phenoxy) is 1. The van der Waals surface area contributed by atoms with E-state index in [1.165, 1.54) is 0 Å². The molecule has 0 radical (unpaired) electrons. The lowest BCUT2D eigenvalue weighted by molar-refractivity contribution is -0.148. The van der Waals surface area contributed by atoms with Gasteiger partial charge in [-0.3, -0.25) is 9.59 Å². The third-order valence-electron chi connectivity index (χ3n) is 5.74. The molecule has 5 nitrogen and oxygen atoms in total. The van der Waals surface area contributed by atoms with Crippen LogP contribution in [0.5, 0.6) is 0 Å². The first-order valence-electron chi connectivity index (χ1n) is 10.8. The van der Waals surface area contributed by atoms with Gasteiger partial charge in [0.05, 0.1) is 19.1 Å². The van der Waals surface area contributed by atoms with Gasteiger partial charge >= 0.3 is 0 Å². The van der Waals surface area contributed by atoms with E-state index < -0.39 is 6.04 Å². The number of rotatable bonds is 9. The van der Waals surface area contributed by atoms with Crippen molar-refractivity contribution < 1.29 is 14.3 Å². The van der Waals surface area contributed by atoms with E-state index >= 15 is 0 Å². The minimum atomic E-state index is -0.451. The lowest BCUT2D eigenvalue weighted by Gasteiger charge is -2.38. The van der Waals surface area contributed by atoms with Crippen molar-refractivity contribution in [3.63, 3.8) is 0 Å². The molecule has 2 rings (SSSR count). The summed E-state index contributed by atoms with van der Waals surface area (Å²) in [7, 11) is 3.52. The second-order valence-electron chi connectivity index (χ2n) is 9.50. The van der Waals surface area contributed by atoms with Gasteiger partial charge < -0.3 is 14.5 Å². The van der Waals surface area contributed by atoms with Gasteiger partial charge in [-0.05, 0) is 23.3 Å². The number of amides is 2. The predicted octanol–water partition coefficient (Wildman–Crippen LogP) is 3.97. The largest absolute Gasteiger partial charge is 0.376 e. The van der Waals surface area contributed by atoms with Crippen LogP contribution in [0.4, 0.5) is 0 Å². The molecule has 1 fully saturated rings. The van der Waals surface area contributed by atoms with Gasteiger partial charge in [-0.2, -0.15) is 0 Å². The molecule has 1 heterocycles. The number of hydrogen-bond donors (Lipinski definition) is 0. The van der Waals surface area contributed by atoms with Crippen LogP contribution in [-0.2, 0) is 20.9 Å². The van der Waals surface area contributed by atoms with Crippen molar-refractivity contribution in [3.8, 4) is 0 Å². The predicted molar refractivity (Wildman–Crippen MR) is 116 cm³/mol. The Balaban J connectivity index is 2.16. The van der Waals surface area contributed by atoms with E-state index in [1.54, 1.807) is 19.0 Å². The second-order valence-corrected chi connectivity index (χ2v) is 9.50. The average Bonchev–Trinajstić information content (AvgIpc) is 2.95. The number of carbonyl (C=O) groups is 2. The van der Waals surface area contributed by atoms with E-state index in [4.69, 9.17) is 4.74 Å². The summed E-state index contributed by atoms with van der Waals surface area (Å²) in [5, 5.41) is 0. The summed E-state index contributed by atoms with van der Waals surface area (Å²) in [6.45, 7) is 9.82. The first-order chi connectivity index (χ1) is 13.7. The number of nitrogens with zero attached hydrogens (tertiary/aromatic N) is 2. The molecule has 1 aromatic carbocycles. The molecule has 5 heteroatoms. The van der Waals surface area contributed by atoms with Crippen LogP contribution in [0.1, 0.15) is 52.5 Å². The Labute approximate surface area is 176 Å². The van der Waals surface area contributed by atoms with Crippen LogP contribution in [0.15, 0.2) is 30.3 Å². The molecule has 1 aromatic rings. The van der Waals surface area contributed by atoms with Crippen LogP contribution >= 0.6 is 0 Å². The minimum Gasteiger partial charge on any atom is -0.376 e. The molecular formula is C24H38N2O3. The highest BCUT2D eigenvalue weighted by Gasteiger charge is 2.48. The van der Waals surface area contributed by atoms with Crippen molar-refractivity contribution in [2.24, 2.45) is 17.3 Å². The zero-order chi connectivity index (χ0) is 21.6. The average molecular weight is 403 g/mol. The van der Waals surface area contributed by atoms with E-state index in [-0.39, 0.29) is 29.1 Å². The van der Waals surface area contributed by atoms with Crippen molar-refractivity contribution >= 4 is 11.8 Å². The van der Waals surface area contributed by atoms with Crippen LogP contribution in [0.25, 0.3) is 0 Å². The normalized spacial score (nSPS) is 20.8.